The Morgan fingerprint density at radius 1 is 0.862 bits per heavy atom. The van der Waals surface area contributed by atoms with E-state index in [1.54, 1.807) is 30.3 Å². The Kier molecular flexibility index (Phi) is 4.98. The molecule has 0 aliphatic carbocycles. The predicted octanol–water partition coefficient (Wildman–Crippen LogP) is 4.93. The van der Waals surface area contributed by atoms with Crippen LogP contribution in [0.5, 0.6) is 11.5 Å². The molecular weight excluding hydrogens is 376 g/mol. The minimum absolute atomic E-state index is 0.137. The van der Waals surface area contributed by atoms with Gasteiger partial charge in [-0.2, -0.15) is 4.98 Å². The fraction of sp³-hybridized carbons (Fsp3) is 0. The van der Waals surface area contributed by atoms with Gasteiger partial charge in [0.05, 0.1) is 18.1 Å². The zero-order chi connectivity index (χ0) is 20.2. The van der Waals surface area contributed by atoms with E-state index in [0.29, 0.717) is 17.2 Å². The Morgan fingerprint density at radius 3 is 2.24 bits per heavy atom. The summed E-state index contributed by atoms with van der Waals surface area (Å²) in [6.07, 6.45) is 1.77. The smallest absolute Gasteiger partial charge is 0.222 e. The van der Waals surface area contributed by atoms with E-state index in [0.717, 1.165) is 18.0 Å². The lowest BCUT2D eigenvalue weighted by Crippen LogP contribution is -2.01. The summed E-state index contributed by atoms with van der Waals surface area (Å²) in [6.45, 7) is 0. The number of pyridine rings is 1. The molecule has 4 rings (SSSR count). The lowest BCUT2D eigenvalue weighted by molar-refractivity contribution is 0.404. The molecule has 4 aromatic rings. The molecule has 2 aromatic carbocycles. The molecule has 0 atom stereocenters. The minimum Gasteiger partial charge on any atom is -0.451 e. The maximum atomic E-state index is 13.7. The average Bonchev–Trinajstić information content (AvgIpc) is 2.72. The molecule has 0 aliphatic rings. The van der Waals surface area contributed by atoms with E-state index in [1.807, 2.05) is 30.3 Å². The summed E-state index contributed by atoms with van der Waals surface area (Å²) in [6, 6.07) is 17.9. The third-order valence-electron chi connectivity index (χ3n) is 3.97. The summed E-state index contributed by atoms with van der Waals surface area (Å²) >= 11 is 0. The highest BCUT2D eigenvalue weighted by atomic mass is 19.1. The van der Waals surface area contributed by atoms with Gasteiger partial charge in [-0.1, -0.05) is 30.3 Å². The SMILES string of the molecule is Nc1nc(Nc2ccc(Oc3c(F)cncc3F)cc2)cc(-c2ccccc2)n1. The van der Waals surface area contributed by atoms with Gasteiger partial charge in [-0.25, -0.2) is 13.8 Å². The molecule has 0 radical (unpaired) electrons. The Bertz CT molecular complexity index is 1120. The predicted molar refractivity (Wildman–Crippen MR) is 106 cm³/mol. The largest absolute Gasteiger partial charge is 0.451 e. The maximum absolute atomic E-state index is 13.7. The topological polar surface area (TPSA) is 86.0 Å². The molecule has 0 unspecified atom stereocenters. The molecule has 3 N–H and O–H groups in total. The highest BCUT2D eigenvalue weighted by molar-refractivity contribution is 5.67. The van der Waals surface area contributed by atoms with Crippen LogP contribution in [0, 0.1) is 11.6 Å². The van der Waals surface area contributed by atoms with E-state index in [2.05, 4.69) is 20.3 Å². The average molecular weight is 391 g/mol. The van der Waals surface area contributed by atoms with Gasteiger partial charge in [0, 0.05) is 17.3 Å². The van der Waals surface area contributed by atoms with E-state index >= 15 is 0 Å². The molecule has 6 nitrogen and oxygen atoms in total. The number of benzene rings is 2. The van der Waals surface area contributed by atoms with Crippen LogP contribution in [0.3, 0.4) is 0 Å². The van der Waals surface area contributed by atoms with Crippen molar-refractivity contribution < 1.29 is 13.5 Å². The second-order valence-electron chi connectivity index (χ2n) is 6.05. The molecule has 0 spiro atoms. The molecule has 0 saturated carbocycles. The van der Waals surface area contributed by atoms with Crippen LogP contribution in [-0.4, -0.2) is 15.0 Å². The van der Waals surface area contributed by atoms with Crippen molar-refractivity contribution in [1.82, 2.24) is 15.0 Å². The van der Waals surface area contributed by atoms with E-state index in [9.17, 15) is 8.78 Å². The fourth-order valence-corrected chi connectivity index (χ4v) is 2.66. The van der Waals surface area contributed by atoms with Crippen molar-refractivity contribution in [3.05, 3.63) is 84.7 Å². The second kappa shape index (κ2) is 7.89. The first-order valence-electron chi connectivity index (χ1n) is 8.62. The van der Waals surface area contributed by atoms with Crippen LogP contribution in [0.4, 0.5) is 26.2 Å². The van der Waals surface area contributed by atoms with Crippen LogP contribution in [-0.2, 0) is 0 Å². The fourth-order valence-electron chi connectivity index (χ4n) is 2.66. The first-order valence-corrected chi connectivity index (χ1v) is 8.62. The van der Waals surface area contributed by atoms with Gasteiger partial charge in [0.2, 0.25) is 11.7 Å². The van der Waals surface area contributed by atoms with Gasteiger partial charge in [-0.3, -0.25) is 4.98 Å². The van der Waals surface area contributed by atoms with Gasteiger partial charge in [0.1, 0.15) is 11.6 Å². The van der Waals surface area contributed by atoms with E-state index in [-0.39, 0.29) is 11.7 Å². The van der Waals surface area contributed by atoms with E-state index in [4.69, 9.17) is 10.5 Å². The number of anilines is 3. The minimum atomic E-state index is -0.878. The lowest BCUT2D eigenvalue weighted by Gasteiger charge is -2.10. The van der Waals surface area contributed by atoms with Gasteiger partial charge in [-0.15, -0.1) is 0 Å². The van der Waals surface area contributed by atoms with Gasteiger partial charge in [0.25, 0.3) is 0 Å². The van der Waals surface area contributed by atoms with Gasteiger partial charge < -0.3 is 15.8 Å². The Hall–Kier alpha value is -4.07. The van der Waals surface area contributed by atoms with Crippen molar-refractivity contribution in [2.75, 3.05) is 11.1 Å². The van der Waals surface area contributed by atoms with Crippen LogP contribution >= 0.6 is 0 Å². The van der Waals surface area contributed by atoms with Crippen LogP contribution in [0.2, 0.25) is 0 Å². The van der Waals surface area contributed by atoms with Crippen molar-refractivity contribution in [3.63, 3.8) is 0 Å². The number of rotatable bonds is 5. The van der Waals surface area contributed by atoms with Crippen molar-refractivity contribution in [2.24, 2.45) is 0 Å². The van der Waals surface area contributed by atoms with Crippen molar-refractivity contribution in [1.29, 1.82) is 0 Å². The normalized spacial score (nSPS) is 10.6. The summed E-state index contributed by atoms with van der Waals surface area (Å²) in [5.41, 5.74) is 8.11. The van der Waals surface area contributed by atoms with Crippen LogP contribution in [0.25, 0.3) is 11.3 Å². The monoisotopic (exact) mass is 391 g/mol. The number of hydrogen-bond acceptors (Lipinski definition) is 6. The summed E-state index contributed by atoms with van der Waals surface area (Å²) in [4.78, 5) is 11.9. The Balaban J connectivity index is 1.53. The molecule has 0 aliphatic heterocycles. The number of nitrogens with two attached hydrogens (primary N) is 1. The van der Waals surface area contributed by atoms with Crippen molar-refractivity contribution in [3.8, 4) is 22.8 Å². The molecule has 144 valence electrons. The standard InChI is InChI=1S/C21H15F2N5O/c22-16-11-25-12-17(23)20(16)29-15-8-6-14(7-9-15)26-19-10-18(27-21(24)28-19)13-4-2-1-3-5-13/h1-12H,(H3,24,26,27,28). The first-order chi connectivity index (χ1) is 14.1. The number of nitrogens with one attached hydrogen (secondary N) is 1. The van der Waals surface area contributed by atoms with Gasteiger partial charge in [0.15, 0.2) is 11.6 Å². The van der Waals surface area contributed by atoms with Crippen molar-refractivity contribution in [2.45, 2.75) is 0 Å². The molecule has 0 amide bonds. The number of halogens is 2. The molecule has 29 heavy (non-hydrogen) atoms. The van der Waals surface area contributed by atoms with Crippen LogP contribution in [0.1, 0.15) is 0 Å². The number of nitrogens with zero attached hydrogens (tertiary/aromatic N) is 3. The molecule has 8 heteroatoms. The second-order valence-corrected chi connectivity index (χ2v) is 6.05. The molecule has 2 heterocycles. The van der Waals surface area contributed by atoms with E-state index < -0.39 is 17.4 Å². The summed E-state index contributed by atoms with van der Waals surface area (Å²) in [7, 11) is 0. The lowest BCUT2D eigenvalue weighted by atomic mass is 10.1. The number of aromatic nitrogens is 3. The third-order valence-corrected chi connectivity index (χ3v) is 3.97. The molecule has 2 aromatic heterocycles. The van der Waals surface area contributed by atoms with Crippen molar-refractivity contribution >= 4 is 17.5 Å². The first kappa shape index (κ1) is 18.3. The molecule has 0 bridgehead atoms. The highest BCUT2D eigenvalue weighted by Gasteiger charge is 2.12. The molecule has 0 saturated heterocycles. The summed E-state index contributed by atoms with van der Waals surface area (Å²) in [5.74, 6) is -1.34. The third kappa shape index (κ3) is 4.27. The Morgan fingerprint density at radius 2 is 1.55 bits per heavy atom. The zero-order valence-corrected chi connectivity index (χ0v) is 15.0. The van der Waals surface area contributed by atoms with Gasteiger partial charge in [-0.05, 0) is 24.3 Å². The number of hydrogen-bond donors (Lipinski definition) is 2. The van der Waals surface area contributed by atoms with Crippen LogP contribution < -0.4 is 15.8 Å². The molecular formula is C21H15F2N5O. The Labute approximate surface area is 165 Å². The highest BCUT2D eigenvalue weighted by Crippen LogP contribution is 2.28. The number of ether oxygens (including phenoxy) is 1. The summed E-state index contributed by atoms with van der Waals surface area (Å²) in [5, 5.41) is 3.12. The maximum Gasteiger partial charge on any atom is 0.222 e. The van der Waals surface area contributed by atoms with E-state index in [1.165, 1.54) is 0 Å². The number of nitrogen functional groups attached to an aromatic ring is 1. The van der Waals surface area contributed by atoms with Gasteiger partial charge >= 0.3 is 0 Å². The summed E-state index contributed by atoms with van der Waals surface area (Å²) < 4.78 is 32.6. The van der Waals surface area contributed by atoms with Crippen LogP contribution in [0.15, 0.2) is 73.1 Å². The quantitative estimate of drug-likeness (QED) is 0.501. The zero-order valence-electron chi connectivity index (χ0n) is 15.0. The molecule has 0 fully saturated rings.